The lowest BCUT2D eigenvalue weighted by Crippen LogP contribution is -2.32. The van der Waals surface area contributed by atoms with E-state index in [0.29, 0.717) is 0 Å². The number of aliphatic hydroxyl groups is 1. The minimum absolute atomic E-state index is 0.128. The summed E-state index contributed by atoms with van der Waals surface area (Å²) in [5, 5.41) is 23.4. The van der Waals surface area contributed by atoms with Crippen LogP contribution in [0.3, 0.4) is 0 Å². The Balaban J connectivity index is 2.27. The molecule has 0 aromatic heterocycles. The smallest absolute Gasteiger partial charge is 0.292 e. The molecule has 2 atom stereocenters. The van der Waals surface area contributed by atoms with Gasteiger partial charge < -0.3 is 10.4 Å². The van der Waals surface area contributed by atoms with Gasteiger partial charge in [0, 0.05) is 6.07 Å². The van der Waals surface area contributed by atoms with Crippen LogP contribution in [0, 0.1) is 17.0 Å². The first-order valence-corrected chi connectivity index (χ1v) is 7.51. The molecule has 2 unspecified atom stereocenters. The molecule has 0 amide bonds. The van der Waals surface area contributed by atoms with Crippen LogP contribution in [-0.4, -0.2) is 42.1 Å². The Morgan fingerprint density at radius 3 is 2.63 bits per heavy atom. The average Bonchev–Trinajstić information content (AvgIpc) is 2.54. The van der Waals surface area contributed by atoms with Crippen molar-refractivity contribution in [2.75, 3.05) is 16.8 Å². The van der Waals surface area contributed by atoms with Gasteiger partial charge in [-0.1, -0.05) is 6.07 Å². The molecule has 0 aliphatic carbocycles. The SMILES string of the molecule is Cc1ccc(NC2CS(=O)(=O)CC2O)c([N+](=O)[O-])c1. The highest BCUT2D eigenvalue weighted by molar-refractivity contribution is 7.91. The highest BCUT2D eigenvalue weighted by Crippen LogP contribution is 2.28. The number of nitrogens with one attached hydrogen (secondary N) is 1. The van der Waals surface area contributed by atoms with E-state index in [2.05, 4.69) is 5.32 Å². The molecular weight excluding hydrogens is 272 g/mol. The number of nitro groups is 1. The van der Waals surface area contributed by atoms with Gasteiger partial charge in [-0.05, 0) is 18.6 Å². The molecule has 2 N–H and O–H groups in total. The van der Waals surface area contributed by atoms with Gasteiger partial charge >= 0.3 is 0 Å². The van der Waals surface area contributed by atoms with Crippen LogP contribution < -0.4 is 5.32 Å². The van der Waals surface area contributed by atoms with Crippen molar-refractivity contribution in [3.63, 3.8) is 0 Å². The molecule has 7 nitrogen and oxygen atoms in total. The van der Waals surface area contributed by atoms with Crippen LogP contribution in [0.5, 0.6) is 0 Å². The molecule has 19 heavy (non-hydrogen) atoms. The zero-order chi connectivity index (χ0) is 14.2. The largest absolute Gasteiger partial charge is 0.390 e. The van der Waals surface area contributed by atoms with E-state index in [-0.39, 0.29) is 22.9 Å². The summed E-state index contributed by atoms with van der Waals surface area (Å²) in [5.41, 5.74) is 0.824. The van der Waals surface area contributed by atoms with Gasteiger partial charge in [0.1, 0.15) is 5.69 Å². The highest BCUT2D eigenvalue weighted by Gasteiger charge is 2.37. The predicted octanol–water partition coefficient (Wildman–Crippen LogP) is 0.473. The lowest BCUT2D eigenvalue weighted by molar-refractivity contribution is -0.384. The number of sulfone groups is 1. The molecule has 2 rings (SSSR count). The van der Waals surface area contributed by atoms with Crippen molar-refractivity contribution in [1.82, 2.24) is 0 Å². The van der Waals surface area contributed by atoms with E-state index in [4.69, 9.17) is 0 Å². The van der Waals surface area contributed by atoms with E-state index < -0.39 is 26.9 Å². The zero-order valence-corrected chi connectivity index (χ0v) is 11.1. The minimum Gasteiger partial charge on any atom is -0.390 e. The van der Waals surface area contributed by atoms with Crippen LogP contribution >= 0.6 is 0 Å². The summed E-state index contributed by atoms with van der Waals surface area (Å²) in [6.07, 6.45) is -1.05. The van der Waals surface area contributed by atoms with Crippen molar-refractivity contribution in [1.29, 1.82) is 0 Å². The number of nitrogens with zero attached hydrogens (tertiary/aromatic N) is 1. The normalized spacial score (nSPS) is 25.2. The van der Waals surface area contributed by atoms with Gasteiger partial charge in [-0.2, -0.15) is 0 Å². The molecule has 1 heterocycles. The molecule has 8 heteroatoms. The van der Waals surface area contributed by atoms with E-state index in [1.807, 2.05) is 0 Å². The number of hydrogen-bond acceptors (Lipinski definition) is 6. The lowest BCUT2D eigenvalue weighted by Gasteiger charge is -2.16. The van der Waals surface area contributed by atoms with Crippen LogP contribution in [0.15, 0.2) is 18.2 Å². The average molecular weight is 286 g/mol. The van der Waals surface area contributed by atoms with Crippen LogP contribution in [0.25, 0.3) is 0 Å². The van der Waals surface area contributed by atoms with Crippen molar-refractivity contribution < 1.29 is 18.4 Å². The second-order valence-corrected chi connectivity index (χ2v) is 6.83. The van der Waals surface area contributed by atoms with Crippen molar-refractivity contribution >= 4 is 21.2 Å². The molecule has 0 bridgehead atoms. The van der Waals surface area contributed by atoms with Crippen LogP contribution in [0.2, 0.25) is 0 Å². The van der Waals surface area contributed by atoms with E-state index in [1.165, 1.54) is 12.1 Å². The van der Waals surface area contributed by atoms with Gasteiger partial charge in [0.25, 0.3) is 5.69 Å². The predicted molar refractivity (Wildman–Crippen MR) is 69.9 cm³/mol. The number of aryl methyl sites for hydroxylation is 1. The molecule has 1 aromatic rings. The van der Waals surface area contributed by atoms with Gasteiger partial charge in [0.2, 0.25) is 0 Å². The number of aliphatic hydroxyl groups excluding tert-OH is 1. The molecule has 1 aliphatic rings. The summed E-state index contributed by atoms with van der Waals surface area (Å²) in [6.45, 7) is 1.73. The second kappa shape index (κ2) is 4.78. The number of anilines is 1. The molecule has 1 fully saturated rings. The van der Waals surface area contributed by atoms with E-state index in [1.54, 1.807) is 13.0 Å². The Hall–Kier alpha value is -1.67. The Bertz CT molecular complexity index is 614. The van der Waals surface area contributed by atoms with Crippen molar-refractivity contribution in [3.8, 4) is 0 Å². The summed E-state index contributed by atoms with van der Waals surface area (Å²) < 4.78 is 22.8. The Morgan fingerprint density at radius 1 is 1.42 bits per heavy atom. The Kier molecular flexibility index (Phi) is 3.46. The van der Waals surface area contributed by atoms with Gasteiger partial charge in [0.05, 0.1) is 28.6 Å². The lowest BCUT2D eigenvalue weighted by atomic mass is 10.1. The number of nitro benzene ring substituents is 1. The van der Waals surface area contributed by atoms with Gasteiger partial charge in [0.15, 0.2) is 9.84 Å². The van der Waals surface area contributed by atoms with Crippen molar-refractivity contribution in [2.45, 2.75) is 19.1 Å². The van der Waals surface area contributed by atoms with E-state index in [9.17, 15) is 23.6 Å². The third kappa shape index (κ3) is 3.02. The second-order valence-electron chi connectivity index (χ2n) is 4.67. The van der Waals surface area contributed by atoms with Gasteiger partial charge in [-0.25, -0.2) is 8.42 Å². The third-order valence-corrected chi connectivity index (χ3v) is 4.73. The summed E-state index contributed by atoms with van der Waals surface area (Å²) in [7, 11) is -3.29. The summed E-state index contributed by atoms with van der Waals surface area (Å²) in [4.78, 5) is 10.4. The number of benzene rings is 1. The molecule has 0 spiro atoms. The fourth-order valence-electron chi connectivity index (χ4n) is 2.08. The summed E-state index contributed by atoms with van der Waals surface area (Å²) in [5.74, 6) is -0.538. The van der Waals surface area contributed by atoms with E-state index >= 15 is 0 Å². The molecule has 104 valence electrons. The van der Waals surface area contributed by atoms with Gasteiger partial charge in [-0.3, -0.25) is 10.1 Å². The zero-order valence-electron chi connectivity index (χ0n) is 10.2. The molecule has 1 aliphatic heterocycles. The monoisotopic (exact) mass is 286 g/mol. The maximum Gasteiger partial charge on any atom is 0.292 e. The summed E-state index contributed by atoms with van der Waals surface area (Å²) >= 11 is 0. The molecular formula is C11H14N2O5S. The molecule has 1 saturated heterocycles. The standard InChI is InChI=1S/C11H14N2O5S/c1-7-2-3-8(10(4-7)13(15)16)12-9-5-19(17,18)6-11(9)14/h2-4,9,11-12,14H,5-6H2,1H3. The van der Waals surface area contributed by atoms with Crippen LogP contribution in [0.4, 0.5) is 11.4 Å². The molecule has 0 radical (unpaired) electrons. The quantitative estimate of drug-likeness (QED) is 0.617. The van der Waals surface area contributed by atoms with Crippen LogP contribution in [0.1, 0.15) is 5.56 Å². The van der Waals surface area contributed by atoms with Gasteiger partial charge in [-0.15, -0.1) is 0 Å². The first-order chi connectivity index (χ1) is 8.78. The van der Waals surface area contributed by atoms with Crippen molar-refractivity contribution in [3.05, 3.63) is 33.9 Å². The van der Waals surface area contributed by atoms with Crippen LogP contribution in [-0.2, 0) is 9.84 Å². The first kappa shape index (κ1) is 13.8. The fourth-order valence-corrected chi connectivity index (χ4v) is 3.82. The number of hydrogen-bond donors (Lipinski definition) is 2. The first-order valence-electron chi connectivity index (χ1n) is 5.68. The fraction of sp³-hybridized carbons (Fsp3) is 0.455. The number of rotatable bonds is 3. The van der Waals surface area contributed by atoms with E-state index in [0.717, 1.165) is 5.56 Å². The van der Waals surface area contributed by atoms with Crippen molar-refractivity contribution in [2.24, 2.45) is 0 Å². The molecule has 0 saturated carbocycles. The highest BCUT2D eigenvalue weighted by atomic mass is 32.2. The topological polar surface area (TPSA) is 110 Å². The minimum atomic E-state index is -3.29. The maximum atomic E-state index is 11.4. The Morgan fingerprint density at radius 2 is 2.11 bits per heavy atom. The summed E-state index contributed by atoms with van der Waals surface area (Å²) in [6, 6.07) is 3.89. The Labute approximate surface area is 110 Å². The maximum absolute atomic E-state index is 11.4. The third-order valence-electron chi connectivity index (χ3n) is 3.01. The molecule has 1 aromatic carbocycles.